The number of quaternary nitrogens is 1. The van der Waals surface area contributed by atoms with Crippen LogP contribution in [0.25, 0.3) is 0 Å². The molecule has 0 aromatic carbocycles. The van der Waals surface area contributed by atoms with Crippen LogP contribution in [0.1, 0.15) is 380 Å². The lowest BCUT2D eigenvalue weighted by atomic mass is 10.0. The molecule has 0 spiro atoms. The van der Waals surface area contributed by atoms with Crippen LogP contribution in [-0.4, -0.2) is 74.9 Å². The van der Waals surface area contributed by atoms with E-state index in [0.29, 0.717) is 17.4 Å². The predicted molar refractivity (Wildman–Crippen MR) is 340 cm³/mol. The first-order valence-electron chi connectivity index (χ1n) is 35.3. The Morgan fingerprint density at radius 3 is 0.810 bits per heavy atom. The van der Waals surface area contributed by atoms with Gasteiger partial charge in [0.25, 0.3) is 0 Å². The van der Waals surface area contributed by atoms with E-state index < -0.39 is 26.5 Å². The van der Waals surface area contributed by atoms with E-state index in [-0.39, 0.29) is 25.6 Å². The highest BCUT2D eigenvalue weighted by atomic mass is 31.2. The number of carbonyl (C=O) groups is 2. The second-order valence-electron chi connectivity index (χ2n) is 25.6. The molecule has 0 aromatic heterocycles. The maximum absolute atomic E-state index is 12.9. The first-order valence-corrected chi connectivity index (χ1v) is 36.8. The molecule has 0 aliphatic heterocycles. The molecule has 0 aliphatic carbocycles. The smallest absolute Gasteiger partial charge is 0.462 e. The SMILES string of the molecule is CCCCCCCCCCCCCCCCCCCCCCCCCCCCCCCCC(=O)OC(COC(=O)CCCCCCCCCCCCCCCCCCCCCCCCCCC)COP(=O)(O)OCC[N+](C)(C)C. The molecule has 0 aliphatic rings. The molecule has 0 heterocycles. The van der Waals surface area contributed by atoms with Crippen LogP contribution in [-0.2, 0) is 32.7 Å². The summed E-state index contributed by atoms with van der Waals surface area (Å²) >= 11 is 0. The van der Waals surface area contributed by atoms with Crippen LogP contribution in [0.3, 0.4) is 0 Å². The molecule has 9 nitrogen and oxygen atoms in total. The summed E-state index contributed by atoms with van der Waals surface area (Å²) in [4.78, 5) is 35.9. The Morgan fingerprint density at radius 1 is 0.342 bits per heavy atom. The lowest BCUT2D eigenvalue weighted by Gasteiger charge is -2.24. The summed E-state index contributed by atoms with van der Waals surface area (Å²) in [6, 6.07) is 0. The molecule has 2 unspecified atom stereocenters. The van der Waals surface area contributed by atoms with Crippen molar-refractivity contribution in [3.8, 4) is 0 Å². The van der Waals surface area contributed by atoms with Gasteiger partial charge < -0.3 is 18.9 Å². The molecule has 2 atom stereocenters. The number of rotatable bonds is 67. The second-order valence-corrected chi connectivity index (χ2v) is 27.1. The molecular weight excluding hydrogens is 1000 g/mol. The van der Waals surface area contributed by atoms with E-state index in [1.807, 2.05) is 21.1 Å². The summed E-state index contributed by atoms with van der Waals surface area (Å²) in [6.45, 7) is 4.53. The van der Waals surface area contributed by atoms with Crippen LogP contribution >= 0.6 is 7.82 Å². The molecule has 0 saturated carbocycles. The Morgan fingerprint density at radius 2 is 0.570 bits per heavy atom. The summed E-state index contributed by atoms with van der Waals surface area (Å²) in [5.41, 5.74) is 0. The minimum atomic E-state index is -4.38. The number of hydrogen-bond donors (Lipinski definition) is 1. The Hall–Kier alpha value is -0.990. The van der Waals surface area contributed by atoms with Gasteiger partial charge in [-0.25, -0.2) is 4.57 Å². The quantitative estimate of drug-likeness (QED) is 0.0278. The van der Waals surface area contributed by atoms with Gasteiger partial charge in [-0.05, 0) is 12.8 Å². The Kier molecular flexibility index (Phi) is 60.8. The first-order chi connectivity index (χ1) is 38.5. The van der Waals surface area contributed by atoms with Crippen molar-refractivity contribution in [2.45, 2.75) is 386 Å². The topological polar surface area (TPSA) is 108 Å². The van der Waals surface area contributed by atoms with Gasteiger partial charge in [-0.1, -0.05) is 354 Å². The van der Waals surface area contributed by atoms with Gasteiger partial charge in [0.1, 0.15) is 19.8 Å². The van der Waals surface area contributed by atoms with Crippen LogP contribution in [0.5, 0.6) is 0 Å². The Balaban J connectivity index is 3.97. The fourth-order valence-corrected chi connectivity index (χ4v) is 11.7. The van der Waals surface area contributed by atoms with Gasteiger partial charge in [0.05, 0.1) is 27.7 Å². The minimum absolute atomic E-state index is 0.0377. The van der Waals surface area contributed by atoms with Crippen molar-refractivity contribution in [1.82, 2.24) is 0 Å². The number of esters is 2. The number of phosphoric ester groups is 1. The van der Waals surface area contributed by atoms with Crippen LogP contribution in [0.15, 0.2) is 0 Å². The van der Waals surface area contributed by atoms with E-state index >= 15 is 0 Å². The molecule has 79 heavy (non-hydrogen) atoms. The van der Waals surface area contributed by atoms with E-state index in [4.69, 9.17) is 18.5 Å². The van der Waals surface area contributed by atoms with Crippen molar-refractivity contribution in [1.29, 1.82) is 0 Å². The van der Waals surface area contributed by atoms with Gasteiger partial charge in [-0.3, -0.25) is 18.6 Å². The molecule has 0 aromatic rings. The van der Waals surface area contributed by atoms with Crippen LogP contribution in [0.4, 0.5) is 0 Å². The number of likely N-dealkylation sites (N-methyl/N-ethyl adjacent to an activating group) is 1. The zero-order valence-electron chi connectivity index (χ0n) is 53.9. The average molecular weight is 1140 g/mol. The summed E-state index contributed by atoms with van der Waals surface area (Å²) < 4.78 is 34.7. The summed E-state index contributed by atoms with van der Waals surface area (Å²) in [6.07, 6.45) is 73.6. The van der Waals surface area contributed by atoms with Crippen LogP contribution in [0, 0.1) is 0 Å². The fourth-order valence-electron chi connectivity index (χ4n) is 11.0. The van der Waals surface area contributed by atoms with Gasteiger partial charge in [-0.15, -0.1) is 0 Å². The standard InChI is InChI=1S/C69H138NO8P/c1-6-8-10-12-14-16-18-20-22-24-26-28-30-32-33-34-35-36-38-40-42-44-46-48-50-52-54-56-58-60-62-69(72)78-67(66-77-79(73,74)76-64-63-70(3,4)5)65-75-68(71)61-59-57-55-53-51-49-47-45-43-41-39-37-31-29-27-25-23-21-19-17-15-13-11-9-7-2/h67H,6-66H2,1-5H3/p+1. The van der Waals surface area contributed by atoms with Crippen molar-refractivity contribution in [3.05, 3.63) is 0 Å². The lowest BCUT2D eigenvalue weighted by Crippen LogP contribution is -2.37. The highest BCUT2D eigenvalue weighted by molar-refractivity contribution is 7.47. The van der Waals surface area contributed by atoms with Crippen LogP contribution < -0.4 is 0 Å². The normalized spacial score (nSPS) is 13.0. The van der Waals surface area contributed by atoms with E-state index in [9.17, 15) is 19.0 Å². The maximum atomic E-state index is 12.9. The number of ether oxygens (including phenoxy) is 2. The molecule has 0 saturated heterocycles. The first kappa shape index (κ1) is 78.0. The van der Waals surface area contributed by atoms with Crippen molar-refractivity contribution >= 4 is 19.8 Å². The molecule has 1 N–H and O–H groups in total. The van der Waals surface area contributed by atoms with Crippen molar-refractivity contribution in [2.24, 2.45) is 0 Å². The Labute approximate surface area is 493 Å². The molecule has 0 radical (unpaired) electrons. The number of nitrogens with zero attached hydrogens (tertiary/aromatic N) is 1. The minimum Gasteiger partial charge on any atom is -0.462 e. The highest BCUT2D eigenvalue weighted by Crippen LogP contribution is 2.43. The molecule has 472 valence electrons. The number of unbranched alkanes of at least 4 members (excludes halogenated alkanes) is 53. The molecular formula is C69H139NO8P+. The molecule has 10 heteroatoms. The zero-order chi connectivity index (χ0) is 57.7. The summed E-state index contributed by atoms with van der Waals surface area (Å²) in [5.74, 6) is -0.767. The number of hydrogen-bond acceptors (Lipinski definition) is 7. The molecule has 0 amide bonds. The van der Waals surface area contributed by atoms with E-state index in [0.717, 1.165) is 38.5 Å². The maximum Gasteiger partial charge on any atom is 0.472 e. The van der Waals surface area contributed by atoms with Gasteiger partial charge in [0.15, 0.2) is 6.10 Å². The number of phosphoric acid groups is 1. The predicted octanol–water partition coefficient (Wildman–Crippen LogP) is 22.6. The third-order valence-electron chi connectivity index (χ3n) is 16.4. The summed E-state index contributed by atoms with van der Waals surface area (Å²) in [5, 5.41) is 0. The molecule has 0 fully saturated rings. The lowest BCUT2D eigenvalue weighted by molar-refractivity contribution is -0.870. The molecule has 0 bridgehead atoms. The monoisotopic (exact) mass is 1140 g/mol. The van der Waals surface area contributed by atoms with Gasteiger partial charge in [-0.2, -0.15) is 0 Å². The van der Waals surface area contributed by atoms with Crippen molar-refractivity contribution < 1.29 is 42.1 Å². The average Bonchev–Trinajstić information content (AvgIpc) is 3.41. The van der Waals surface area contributed by atoms with Crippen molar-refractivity contribution in [2.75, 3.05) is 47.5 Å². The second kappa shape index (κ2) is 61.6. The number of carbonyl (C=O) groups excluding carboxylic acids is 2. The van der Waals surface area contributed by atoms with E-state index in [1.165, 1.54) is 315 Å². The van der Waals surface area contributed by atoms with Gasteiger partial charge >= 0.3 is 19.8 Å². The van der Waals surface area contributed by atoms with Crippen molar-refractivity contribution in [3.63, 3.8) is 0 Å². The van der Waals surface area contributed by atoms with E-state index in [1.54, 1.807) is 0 Å². The van der Waals surface area contributed by atoms with Crippen LogP contribution in [0.2, 0.25) is 0 Å². The fraction of sp³-hybridized carbons (Fsp3) is 0.971. The van der Waals surface area contributed by atoms with Gasteiger partial charge in [0, 0.05) is 12.8 Å². The third kappa shape index (κ3) is 66.0. The van der Waals surface area contributed by atoms with E-state index in [2.05, 4.69) is 13.8 Å². The molecule has 0 rings (SSSR count). The largest absolute Gasteiger partial charge is 0.472 e. The third-order valence-corrected chi connectivity index (χ3v) is 17.4. The highest BCUT2D eigenvalue weighted by Gasteiger charge is 2.27. The zero-order valence-corrected chi connectivity index (χ0v) is 54.8. The van der Waals surface area contributed by atoms with Gasteiger partial charge in [0.2, 0.25) is 0 Å². The summed E-state index contributed by atoms with van der Waals surface area (Å²) in [7, 11) is 1.51. The Bertz CT molecular complexity index is 1290.